The Morgan fingerprint density at radius 1 is 1.19 bits per heavy atom. The van der Waals surface area contributed by atoms with E-state index in [1.165, 1.54) is 0 Å². The second-order valence-electron chi connectivity index (χ2n) is 4.90. The molecule has 4 heteroatoms. The molecule has 0 aromatic rings. The Hall–Kier alpha value is -0.610. The molecule has 0 heterocycles. The summed E-state index contributed by atoms with van der Waals surface area (Å²) in [5.41, 5.74) is 5.89. The van der Waals surface area contributed by atoms with Crippen LogP contribution >= 0.6 is 0 Å². The van der Waals surface area contributed by atoms with Crippen LogP contribution in [-0.4, -0.2) is 55.5 Å². The molecule has 1 unspecified atom stereocenters. The summed E-state index contributed by atoms with van der Waals surface area (Å²) in [4.78, 5) is 16.0. The first-order valence-electron chi connectivity index (χ1n) is 6.09. The largest absolute Gasteiger partial charge is 0.340 e. The molecule has 0 aliphatic heterocycles. The van der Waals surface area contributed by atoms with Gasteiger partial charge < -0.3 is 15.5 Å². The fourth-order valence-corrected chi connectivity index (χ4v) is 1.42. The van der Waals surface area contributed by atoms with Crippen LogP contribution in [-0.2, 0) is 4.79 Å². The predicted molar refractivity (Wildman–Crippen MR) is 68.2 cm³/mol. The highest BCUT2D eigenvalue weighted by molar-refractivity contribution is 5.81. The Labute approximate surface area is 99.8 Å². The number of carbonyl (C=O) groups excluding carboxylic acids is 1. The molecular formula is C12H27N3O. The topological polar surface area (TPSA) is 49.6 Å². The molecule has 1 amide bonds. The van der Waals surface area contributed by atoms with Crippen molar-refractivity contribution in [3.8, 4) is 0 Å². The van der Waals surface area contributed by atoms with Crippen LogP contribution in [0.4, 0.5) is 0 Å². The van der Waals surface area contributed by atoms with Crippen molar-refractivity contribution in [2.45, 2.75) is 33.2 Å². The van der Waals surface area contributed by atoms with Crippen molar-refractivity contribution < 1.29 is 4.79 Å². The van der Waals surface area contributed by atoms with Gasteiger partial charge in [0.2, 0.25) is 5.91 Å². The second-order valence-corrected chi connectivity index (χ2v) is 4.90. The quantitative estimate of drug-likeness (QED) is 0.701. The standard InChI is InChI=1S/C12H27N3O/c1-6-7-15(9-8-14(4)5)12(16)11(13)10(2)3/h10-11H,6-9,13H2,1-5H3. The molecule has 4 nitrogen and oxygen atoms in total. The number of nitrogens with zero attached hydrogens (tertiary/aromatic N) is 2. The molecule has 0 fully saturated rings. The summed E-state index contributed by atoms with van der Waals surface area (Å²) in [7, 11) is 4.02. The van der Waals surface area contributed by atoms with E-state index in [0.29, 0.717) is 0 Å². The van der Waals surface area contributed by atoms with Crippen molar-refractivity contribution in [3.63, 3.8) is 0 Å². The first-order chi connectivity index (χ1) is 7.40. The summed E-state index contributed by atoms with van der Waals surface area (Å²) in [5.74, 6) is 0.282. The lowest BCUT2D eigenvalue weighted by molar-refractivity contribution is -0.133. The normalized spacial score (nSPS) is 13.2. The fourth-order valence-electron chi connectivity index (χ4n) is 1.42. The van der Waals surface area contributed by atoms with Gasteiger partial charge in [-0.15, -0.1) is 0 Å². The zero-order valence-corrected chi connectivity index (χ0v) is 11.4. The number of carbonyl (C=O) groups is 1. The van der Waals surface area contributed by atoms with E-state index in [2.05, 4.69) is 11.8 Å². The Balaban J connectivity index is 4.33. The van der Waals surface area contributed by atoms with Crippen LogP contribution in [0.25, 0.3) is 0 Å². The van der Waals surface area contributed by atoms with Crippen molar-refractivity contribution >= 4 is 5.91 Å². The SMILES string of the molecule is CCCN(CCN(C)C)C(=O)C(N)C(C)C. The molecule has 0 bridgehead atoms. The van der Waals surface area contributed by atoms with Crippen molar-refractivity contribution in [2.75, 3.05) is 33.7 Å². The molecule has 16 heavy (non-hydrogen) atoms. The van der Waals surface area contributed by atoms with E-state index in [4.69, 9.17) is 5.73 Å². The lowest BCUT2D eigenvalue weighted by atomic mass is 10.0. The molecule has 0 saturated heterocycles. The number of likely N-dealkylation sites (N-methyl/N-ethyl adjacent to an activating group) is 1. The highest BCUT2D eigenvalue weighted by atomic mass is 16.2. The zero-order chi connectivity index (χ0) is 12.7. The number of hydrogen-bond acceptors (Lipinski definition) is 3. The van der Waals surface area contributed by atoms with Crippen molar-refractivity contribution in [3.05, 3.63) is 0 Å². The molecule has 0 rings (SSSR count). The molecular weight excluding hydrogens is 202 g/mol. The second kappa shape index (κ2) is 7.63. The maximum atomic E-state index is 12.1. The lowest BCUT2D eigenvalue weighted by Gasteiger charge is -2.28. The van der Waals surface area contributed by atoms with Gasteiger partial charge in [0.05, 0.1) is 6.04 Å². The molecule has 0 saturated carbocycles. The third kappa shape index (κ3) is 5.47. The van der Waals surface area contributed by atoms with Crippen molar-refractivity contribution in [2.24, 2.45) is 11.7 Å². The van der Waals surface area contributed by atoms with Gasteiger partial charge in [0.1, 0.15) is 0 Å². The first kappa shape index (κ1) is 15.4. The van der Waals surface area contributed by atoms with Gasteiger partial charge in [0.25, 0.3) is 0 Å². The van der Waals surface area contributed by atoms with Gasteiger partial charge in [-0.3, -0.25) is 4.79 Å². The van der Waals surface area contributed by atoms with Crippen LogP contribution in [0.15, 0.2) is 0 Å². The first-order valence-corrected chi connectivity index (χ1v) is 6.09. The van der Waals surface area contributed by atoms with Gasteiger partial charge in [-0.1, -0.05) is 20.8 Å². The Bertz CT molecular complexity index is 204. The van der Waals surface area contributed by atoms with Gasteiger partial charge in [-0.2, -0.15) is 0 Å². The highest BCUT2D eigenvalue weighted by Crippen LogP contribution is 2.04. The van der Waals surface area contributed by atoms with E-state index < -0.39 is 0 Å². The molecule has 2 N–H and O–H groups in total. The Kier molecular flexibility index (Phi) is 7.34. The van der Waals surface area contributed by atoms with Crippen LogP contribution < -0.4 is 5.73 Å². The third-order valence-corrected chi connectivity index (χ3v) is 2.63. The summed E-state index contributed by atoms with van der Waals surface area (Å²) in [6.07, 6.45) is 0.976. The summed E-state index contributed by atoms with van der Waals surface area (Å²) >= 11 is 0. The van der Waals surface area contributed by atoms with Crippen LogP contribution in [0, 0.1) is 5.92 Å². The fraction of sp³-hybridized carbons (Fsp3) is 0.917. The van der Waals surface area contributed by atoms with E-state index in [0.717, 1.165) is 26.1 Å². The van der Waals surface area contributed by atoms with Crippen LogP contribution in [0.3, 0.4) is 0 Å². The summed E-state index contributed by atoms with van der Waals surface area (Å²) in [6.45, 7) is 8.50. The van der Waals surface area contributed by atoms with Gasteiger partial charge >= 0.3 is 0 Å². The van der Waals surface area contributed by atoms with Gasteiger partial charge in [-0.05, 0) is 26.4 Å². The molecule has 0 aliphatic rings. The molecule has 96 valence electrons. The number of hydrogen-bond donors (Lipinski definition) is 1. The molecule has 0 radical (unpaired) electrons. The van der Waals surface area contributed by atoms with Crippen LogP contribution in [0.1, 0.15) is 27.2 Å². The minimum atomic E-state index is -0.367. The zero-order valence-electron chi connectivity index (χ0n) is 11.4. The predicted octanol–water partition coefficient (Wildman–Crippen LogP) is 0.770. The van der Waals surface area contributed by atoms with Crippen LogP contribution in [0.5, 0.6) is 0 Å². The minimum absolute atomic E-state index is 0.0821. The maximum Gasteiger partial charge on any atom is 0.239 e. The molecule has 0 aromatic carbocycles. The van der Waals surface area contributed by atoms with E-state index in [1.807, 2.05) is 32.8 Å². The number of nitrogens with two attached hydrogens (primary N) is 1. The van der Waals surface area contributed by atoms with Crippen molar-refractivity contribution in [1.82, 2.24) is 9.80 Å². The Morgan fingerprint density at radius 2 is 1.75 bits per heavy atom. The smallest absolute Gasteiger partial charge is 0.239 e. The van der Waals surface area contributed by atoms with E-state index >= 15 is 0 Å². The van der Waals surface area contributed by atoms with E-state index in [1.54, 1.807) is 0 Å². The van der Waals surface area contributed by atoms with Crippen LogP contribution in [0.2, 0.25) is 0 Å². The molecule has 1 atom stereocenters. The van der Waals surface area contributed by atoms with Gasteiger partial charge in [0.15, 0.2) is 0 Å². The monoisotopic (exact) mass is 229 g/mol. The average molecular weight is 229 g/mol. The highest BCUT2D eigenvalue weighted by Gasteiger charge is 2.22. The lowest BCUT2D eigenvalue weighted by Crippen LogP contribution is -2.48. The minimum Gasteiger partial charge on any atom is -0.340 e. The summed E-state index contributed by atoms with van der Waals surface area (Å²) in [6, 6.07) is -0.367. The van der Waals surface area contributed by atoms with E-state index in [9.17, 15) is 4.79 Å². The summed E-state index contributed by atoms with van der Waals surface area (Å²) in [5, 5.41) is 0. The van der Waals surface area contributed by atoms with Gasteiger partial charge in [0, 0.05) is 19.6 Å². The molecule has 0 aromatic heterocycles. The molecule has 0 spiro atoms. The third-order valence-electron chi connectivity index (χ3n) is 2.63. The summed E-state index contributed by atoms with van der Waals surface area (Å²) < 4.78 is 0. The van der Waals surface area contributed by atoms with E-state index in [-0.39, 0.29) is 17.9 Å². The number of amides is 1. The van der Waals surface area contributed by atoms with Crippen molar-refractivity contribution in [1.29, 1.82) is 0 Å². The number of rotatable bonds is 7. The molecule has 0 aliphatic carbocycles. The average Bonchev–Trinajstić information content (AvgIpc) is 2.21. The van der Waals surface area contributed by atoms with Gasteiger partial charge in [-0.25, -0.2) is 0 Å². The maximum absolute atomic E-state index is 12.1. The Morgan fingerprint density at radius 3 is 2.12 bits per heavy atom.